The summed E-state index contributed by atoms with van der Waals surface area (Å²) in [7, 11) is 0. The second-order valence-corrected chi connectivity index (χ2v) is 15.2. The van der Waals surface area contributed by atoms with E-state index in [1.54, 1.807) is 0 Å². The molecule has 282 valence electrons. The van der Waals surface area contributed by atoms with Gasteiger partial charge < -0.3 is 31.3 Å². The lowest BCUT2D eigenvalue weighted by atomic mass is 9.83. The molecule has 0 aromatic heterocycles. The first-order valence-corrected chi connectivity index (χ1v) is 19.2. The van der Waals surface area contributed by atoms with Crippen molar-refractivity contribution < 1.29 is 33.5 Å². The standard InChI is InChI=1S/C33H47N5O7.C6H12/c1-20(2)24-16-26(31(42)36-25(15-21-13-14-21)29(40)30(34)41)38(18-24)32(43)28(23-11-7-4-8-12-23)37-33(44)35-17-27(39)45-19-22-9-5-3-6-10-22;1-2-4-6-5-3-1/h3,5-6,9-10,20-21,23-26,28H,4,7-8,11-19H2,1-2H3,(H2,34,41)(H,36,42)(H2,35,37,44);1-6H2/t24?,25?,26-,28?;/m0./s1. The van der Waals surface area contributed by atoms with Crippen LogP contribution in [0.2, 0.25) is 0 Å². The zero-order valence-corrected chi connectivity index (χ0v) is 30.5. The Kier molecular flexibility index (Phi) is 15.8. The Bertz CT molecular complexity index is 1310. The number of primary amides is 1. The number of amides is 5. The Hall–Kier alpha value is -3.96. The van der Waals surface area contributed by atoms with Crippen LogP contribution < -0.4 is 21.7 Å². The lowest BCUT2D eigenvalue weighted by molar-refractivity contribution is -0.143. The summed E-state index contributed by atoms with van der Waals surface area (Å²) in [4.78, 5) is 79.0. The molecule has 1 aromatic rings. The van der Waals surface area contributed by atoms with E-state index in [1.165, 1.54) is 43.4 Å². The highest BCUT2D eigenvalue weighted by atomic mass is 16.5. The zero-order chi connectivity index (χ0) is 36.8. The van der Waals surface area contributed by atoms with Gasteiger partial charge in [0.05, 0.1) is 6.04 Å². The zero-order valence-electron chi connectivity index (χ0n) is 30.5. The number of Topliss-reactive ketones (excluding diaryl/α,β-unsaturated/α-hetero) is 1. The number of nitrogens with two attached hydrogens (primary N) is 1. The summed E-state index contributed by atoms with van der Waals surface area (Å²) in [5.74, 6) is -3.11. The maximum absolute atomic E-state index is 14.2. The van der Waals surface area contributed by atoms with E-state index < -0.39 is 47.7 Å². The normalized spacial score (nSPS) is 21.7. The van der Waals surface area contributed by atoms with E-state index in [1.807, 2.05) is 44.2 Å². The predicted molar refractivity (Wildman–Crippen MR) is 193 cm³/mol. The van der Waals surface area contributed by atoms with Gasteiger partial charge in [-0.25, -0.2) is 4.79 Å². The van der Waals surface area contributed by atoms with Crippen LogP contribution >= 0.6 is 0 Å². The van der Waals surface area contributed by atoms with Crippen molar-refractivity contribution >= 4 is 35.5 Å². The number of rotatable bonds is 14. The number of hydrogen-bond acceptors (Lipinski definition) is 7. The van der Waals surface area contributed by atoms with E-state index in [0.717, 1.165) is 50.5 Å². The van der Waals surface area contributed by atoms with Crippen LogP contribution in [-0.4, -0.2) is 71.6 Å². The maximum atomic E-state index is 14.2. The average molecular weight is 710 g/mol. The van der Waals surface area contributed by atoms with Gasteiger partial charge in [0.15, 0.2) is 0 Å². The van der Waals surface area contributed by atoms with Gasteiger partial charge in [-0.2, -0.15) is 0 Å². The number of nitrogens with zero attached hydrogens (tertiary/aromatic N) is 1. The smallest absolute Gasteiger partial charge is 0.325 e. The molecule has 4 atom stereocenters. The number of hydrogen-bond donors (Lipinski definition) is 4. The van der Waals surface area contributed by atoms with Gasteiger partial charge in [-0.05, 0) is 54.9 Å². The Morgan fingerprint density at radius 3 is 2.00 bits per heavy atom. The van der Waals surface area contributed by atoms with Crippen LogP contribution in [0, 0.1) is 23.7 Å². The molecule has 3 saturated carbocycles. The van der Waals surface area contributed by atoms with E-state index in [9.17, 15) is 28.8 Å². The number of benzene rings is 1. The Balaban J connectivity index is 0.000000878. The second kappa shape index (κ2) is 20.2. The average Bonchev–Trinajstić information content (AvgIpc) is 3.85. The number of ether oxygens (including phenoxy) is 1. The van der Waals surface area contributed by atoms with Gasteiger partial charge in [0.2, 0.25) is 17.6 Å². The minimum absolute atomic E-state index is 0.0265. The molecule has 5 N–H and O–H groups in total. The number of likely N-dealkylation sites (tertiary alicyclic amines) is 1. The topological polar surface area (TPSA) is 177 Å². The molecule has 0 bridgehead atoms. The molecule has 1 heterocycles. The first-order chi connectivity index (χ1) is 24.5. The molecule has 5 amide bonds. The van der Waals surface area contributed by atoms with Crippen LogP contribution in [0.1, 0.15) is 116 Å². The third-order valence-electron chi connectivity index (χ3n) is 10.8. The Labute approximate surface area is 302 Å². The van der Waals surface area contributed by atoms with E-state index in [4.69, 9.17) is 10.5 Å². The van der Waals surface area contributed by atoms with Crippen LogP contribution in [0.3, 0.4) is 0 Å². The Morgan fingerprint density at radius 2 is 1.43 bits per heavy atom. The molecule has 4 fully saturated rings. The summed E-state index contributed by atoms with van der Waals surface area (Å²) >= 11 is 0. The third-order valence-corrected chi connectivity index (χ3v) is 10.8. The summed E-state index contributed by atoms with van der Waals surface area (Å²) in [6.07, 6.45) is 15.9. The number of ketones is 1. The fraction of sp³-hybridized carbons (Fsp3) is 0.692. The lowest BCUT2D eigenvalue weighted by Gasteiger charge is -2.35. The van der Waals surface area contributed by atoms with Crippen molar-refractivity contribution in [3.63, 3.8) is 0 Å². The van der Waals surface area contributed by atoms with Crippen molar-refractivity contribution in [2.45, 2.75) is 135 Å². The van der Waals surface area contributed by atoms with Crippen LogP contribution in [0.5, 0.6) is 0 Å². The van der Waals surface area contributed by atoms with Crippen LogP contribution in [0.25, 0.3) is 0 Å². The molecule has 51 heavy (non-hydrogen) atoms. The van der Waals surface area contributed by atoms with E-state index in [-0.39, 0.29) is 42.7 Å². The van der Waals surface area contributed by atoms with Crippen LogP contribution in [-0.2, 0) is 35.3 Å². The molecule has 5 rings (SSSR count). The van der Waals surface area contributed by atoms with Gasteiger partial charge in [0.25, 0.3) is 5.91 Å². The van der Waals surface area contributed by atoms with Gasteiger partial charge in [-0.1, -0.05) is 115 Å². The molecule has 0 radical (unpaired) electrons. The minimum Gasteiger partial charge on any atom is -0.460 e. The number of carbonyl (C=O) groups excluding carboxylic acids is 6. The monoisotopic (exact) mass is 709 g/mol. The molecule has 1 aromatic carbocycles. The molecule has 0 spiro atoms. The van der Waals surface area contributed by atoms with Gasteiger partial charge in [-0.3, -0.25) is 24.0 Å². The van der Waals surface area contributed by atoms with Gasteiger partial charge in [0.1, 0.15) is 25.2 Å². The number of carbonyl (C=O) groups is 6. The van der Waals surface area contributed by atoms with Crippen molar-refractivity contribution in [2.75, 3.05) is 13.1 Å². The molecular weight excluding hydrogens is 650 g/mol. The quantitative estimate of drug-likeness (QED) is 0.162. The van der Waals surface area contributed by atoms with Crippen molar-refractivity contribution in [3.8, 4) is 0 Å². The van der Waals surface area contributed by atoms with Crippen LogP contribution in [0.15, 0.2) is 30.3 Å². The largest absolute Gasteiger partial charge is 0.460 e. The van der Waals surface area contributed by atoms with Crippen molar-refractivity contribution in [1.82, 2.24) is 20.9 Å². The van der Waals surface area contributed by atoms with Gasteiger partial charge in [0, 0.05) is 6.54 Å². The summed E-state index contributed by atoms with van der Waals surface area (Å²) < 4.78 is 5.24. The van der Waals surface area contributed by atoms with E-state index in [0.29, 0.717) is 19.4 Å². The maximum Gasteiger partial charge on any atom is 0.325 e. The second-order valence-electron chi connectivity index (χ2n) is 15.2. The predicted octanol–water partition coefficient (Wildman–Crippen LogP) is 4.53. The summed E-state index contributed by atoms with van der Waals surface area (Å²) in [6.45, 7) is 4.09. The molecule has 4 aliphatic rings. The fourth-order valence-corrected chi connectivity index (χ4v) is 7.42. The van der Waals surface area contributed by atoms with Gasteiger partial charge >= 0.3 is 12.0 Å². The molecule has 12 nitrogen and oxygen atoms in total. The molecule has 1 aliphatic heterocycles. The lowest BCUT2D eigenvalue weighted by Crippen LogP contribution is -2.59. The molecule has 3 unspecified atom stereocenters. The fourth-order valence-electron chi connectivity index (χ4n) is 7.42. The SMILES string of the molecule is C1CCCCC1.CC(C)C1C[C@@H](C(=O)NC(CC2CC2)C(=O)C(N)=O)N(C(=O)C(NC(=O)NCC(=O)OCc2ccccc2)C2CCCCC2)C1. The van der Waals surface area contributed by atoms with Crippen molar-refractivity contribution in [2.24, 2.45) is 29.4 Å². The highest BCUT2D eigenvalue weighted by Crippen LogP contribution is 2.35. The first kappa shape index (κ1) is 39.8. The van der Waals surface area contributed by atoms with Crippen molar-refractivity contribution in [1.29, 1.82) is 0 Å². The summed E-state index contributed by atoms with van der Waals surface area (Å²) in [6, 6.07) is 5.71. The Morgan fingerprint density at radius 1 is 0.824 bits per heavy atom. The van der Waals surface area contributed by atoms with E-state index in [2.05, 4.69) is 16.0 Å². The van der Waals surface area contributed by atoms with Gasteiger partial charge in [-0.15, -0.1) is 0 Å². The number of esters is 1. The minimum atomic E-state index is -1.10. The number of urea groups is 1. The highest BCUT2D eigenvalue weighted by Gasteiger charge is 2.45. The number of nitrogens with one attached hydrogen (secondary N) is 3. The molecule has 1 saturated heterocycles. The first-order valence-electron chi connectivity index (χ1n) is 19.2. The summed E-state index contributed by atoms with van der Waals surface area (Å²) in [5.41, 5.74) is 6.09. The van der Waals surface area contributed by atoms with Crippen molar-refractivity contribution in [3.05, 3.63) is 35.9 Å². The van der Waals surface area contributed by atoms with E-state index >= 15 is 0 Å². The molecule has 12 heteroatoms. The van der Waals surface area contributed by atoms with Crippen LogP contribution in [0.4, 0.5) is 4.79 Å². The highest BCUT2D eigenvalue weighted by molar-refractivity contribution is 6.37. The molecule has 3 aliphatic carbocycles. The third kappa shape index (κ3) is 12.9. The molecular formula is C39H59N5O7. The summed E-state index contributed by atoms with van der Waals surface area (Å²) in [5, 5.41) is 8.06.